The molecule has 1 heterocycles. The second-order valence-electron chi connectivity index (χ2n) is 5.31. The SMILES string of the molecule is CCCN(Cc1ccc(C(=O)OC)cc1)C1CCNC1. The zero-order chi connectivity index (χ0) is 14.4. The number of nitrogens with zero attached hydrogens (tertiary/aromatic N) is 1. The molecule has 0 bridgehead atoms. The van der Waals surface area contributed by atoms with E-state index < -0.39 is 0 Å². The smallest absolute Gasteiger partial charge is 0.337 e. The van der Waals surface area contributed by atoms with E-state index in [1.807, 2.05) is 24.3 Å². The highest BCUT2D eigenvalue weighted by molar-refractivity contribution is 5.89. The van der Waals surface area contributed by atoms with Crippen molar-refractivity contribution in [2.24, 2.45) is 0 Å². The van der Waals surface area contributed by atoms with E-state index in [9.17, 15) is 4.79 Å². The van der Waals surface area contributed by atoms with E-state index in [1.165, 1.54) is 19.1 Å². The summed E-state index contributed by atoms with van der Waals surface area (Å²) in [4.78, 5) is 14.0. The first-order chi connectivity index (χ1) is 9.74. The Morgan fingerprint density at radius 1 is 1.40 bits per heavy atom. The van der Waals surface area contributed by atoms with Crippen LogP contribution in [-0.4, -0.2) is 43.7 Å². The molecule has 20 heavy (non-hydrogen) atoms. The predicted molar refractivity (Wildman–Crippen MR) is 79.8 cm³/mol. The van der Waals surface area contributed by atoms with E-state index >= 15 is 0 Å². The van der Waals surface area contributed by atoms with Crippen LogP contribution in [0.1, 0.15) is 35.7 Å². The molecule has 0 amide bonds. The van der Waals surface area contributed by atoms with Gasteiger partial charge in [0.2, 0.25) is 0 Å². The monoisotopic (exact) mass is 276 g/mol. The number of hydrogen-bond acceptors (Lipinski definition) is 4. The van der Waals surface area contributed by atoms with Gasteiger partial charge in [0.05, 0.1) is 12.7 Å². The molecule has 2 rings (SSSR count). The lowest BCUT2D eigenvalue weighted by Gasteiger charge is -2.28. The second-order valence-corrected chi connectivity index (χ2v) is 5.31. The molecule has 1 fully saturated rings. The predicted octanol–water partition coefficient (Wildman–Crippen LogP) is 2.05. The number of hydrogen-bond donors (Lipinski definition) is 1. The van der Waals surface area contributed by atoms with Crippen molar-refractivity contribution in [2.45, 2.75) is 32.4 Å². The molecule has 4 nitrogen and oxygen atoms in total. The Labute approximate surface area is 121 Å². The summed E-state index contributed by atoms with van der Waals surface area (Å²) in [7, 11) is 1.41. The summed E-state index contributed by atoms with van der Waals surface area (Å²) in [5.74, 6) is -0.276. The average molecular weight is 276 g/mol. The number of carbonyl (C=O) groups excluding carboxylic acids is 1. The molecule has 0 radical (unpaired) electrons. The van der Waals surface area contributed by atoms with Crippen molar-refractivity contribution in [3.63, 3.8) is 0 Å². The lowest BCUT2D eigenvalue weighted by atomic mass is 10.1. The third kappa shape index (κ3) is 3.81. The van der Waals surface area contributed by atoms with Gasteiger partial charge in [-0.15, -0.1) is 0 Å². The molecule has 0 saturated carbocycles. The first-order valence-corrected chi connectivity index (χ1v) is 7.36. The summed E-state index contributed by atoms with van der Waals surface area (Å²) in [5.41, 5.74) is 1.86. The van der Waals surface area contributed by atoms with Crippen LogP contribution in [-0.2, 0) is 11.3 Å². The van der Waals surface area contributed by atoms with Crippen LogP contribution in [0, 0.1) is 0 Å². The topological polar surface area (TPSA) is 41.6 Å². The maximum Gasteiger partial charge on any atom is 0.337 e. The summed E-state index contributed by atoms with van der Waals surface area (Å²) in [6.45, 7) is 6.48. The molecular weight excluding hydrogens is 252 g/mol. The molecule has 1 aromatic carbocycles. The summed E-state index contributed by atoms with van der Waals surface area (Å²) in [5, 5.41) is 3.43. The first kappa shape index (κ1) is 15.0. The van der Waals surface area contributed by atoms with Crippen LogP contribution < -0.4 is 5.32 Å². The highest BCUT2D eigenvalue weighted by Crippen LogP contribution is 2.15. The zero-order valence-electron chi connectivity index (χ0n) is 12.4. The van der Waals surface area contributed by atoms with E-state index in [1.54, 1.807) is 0 Å². The number of carbonyl (C=O) groups is 1. The minimum atomic E-state index is -0.276. The number of benzene rings is 1. The van der Waals surface area contributed by atoms with Gasteiger partial charge in [0, 0.05) is 19.1 Å². The van der Waals surface area contributed by atoms with Gasteiger partial charge in [-0.05, 0) is 43.6 Å². The fourth-order valence-corrected chi connectivity index (χ4v) is 2.73. The highest BCUT2D eigenvalue weighted by atomic mass is 16.5. The minimum Gasteiger partial charge on any atom is -0.465 e. The van der Waals surface area contributed by atoms with E-state index in [-0.39, 0.29) is 5.97 Å². The largest absolute Gasteiger partial charge is 0.465 e. The molecule has 110 valence electrons. The molecule has 1 saturated heterocycles. The van der Waals surface area contributed by atoms with Crippen molar-refractivity contribution in [1.29, 1.82) is 0 Å². The summed E-state index contributed by atoms with van der Waals surface area (Å²) >= 11 is 0. The third-order valence-electron chi connectivity index (χ3n) is 3.82. The lowest BCUT2D eigenvalue weighted by Crippen LogP contribution is -2.36. The second kappa shape index (κ2) is 7.41. The molecule has 0 spiro atoms. The van der Waals surface area contributed by atoms with E-state index in [0.29, 0.717) is 11.6 Å². The van der Waals surface area contributed by atoms with Crippen molar-refractivity contribution in [1.82, 2.24) is 10.2 Å². The van der Waals surface area contributed by atoms with Gasteiger partial charge < -0.3 is 10.1 Å². The van der Waals surface area contributed by atoms with Gasteiger partial charge in [-0.25, -0.2) is 4.79 Å². The summed E-state index contributed by atoms with van der Waals surface area (Å²) < 4.78 is 4.72. The van der Waals surface area contributed by atoms with Gasteiger partial charge >= 0.3 is 5.97 Å². The number of ether oxygens (including phenoxy) is 1. The van der Waals surface area contributed by atoms with Gasteiger partial charge in [0.25, 0.3) is 0 Å². The van der Waals surface area contributed by atoms with Gasteiger partial charge in [0.15, 0.2) is 0 Å². The molecule has 0 aromatic heterocycles. The Balaban J connectivity index is 2.00. The molecule has 1 N–H and O–H groups in total. The normalized spacial score (nSPS) is 18.4. The van der Waals surface area contributed by atoms with Crippen LogP contribution >= 0.6 is 0 Å². The van der Waals surface area contributed by atoms with Crippen LogP contribution in [0.3, 0.4) is 0 Å². The van der Waals surface area contributed by atoms with Crippen LogP contribution in [0.15, 0.2) is 24.3 Å². The van der Waals surface area contributed by atoms with Gasteiger partial charge in [-0.2, -0.15) is 0 Å². The number of nitrogens with one attached hydrogen (secondary N) is 1. The van der Waals surface area contributed by atoms with Crippen LogP contribution in [0.5, 0.6) is 0 Å². The molecule has 1 aliphatic heterocycles. The third-order valence-corrected chi connectivity index (χ3v) is 3.82. The van der Waals surface area contributed by atoms with Crippen LogP contribution in [0.25, 0.3) is 0 Å². The maximum atomic E-state index is 11.4. The average Bonchev–Trinajstić information content (AvgIpc) is 3.01. The number of rotatable bonds is 6. The highest BCUT2D eigenvalue weighted by Gasteiger charge is 2.21. The van der Waals surface area contributed by atoms with Crippen LogP contribution in [0.4, 0.5) is 0 Å². The number of esters is 1. The molecule has 1 aliphatic rings. The minimum absolute atomic E-state index is 0.276. The molecular formula is C16H24N2O2. The molecule has 1 atom stereocenters. The Hall–Kier alpha value is -1.39. The van der Waals surface area contributed by atoms with Crippen molar-refractivity contribution < 1.29 is 9.53 Å². The quantitative estimate of drug-likeness (QED) is 0.807. The summed E-state index contributed by atoms with van der Waals surface area (Å²) in [6.07, 6.45) is 2.39. The standard InChI is InChI=1S/C16H24N2O2/c1-3-10-18(15-8-9-17-11-15)12-13-4-6-14(7-5-13)16(19)20-2/h4-7,15,17H,3,8-12H2,1-2H3. The van der Waals surface area contributed by atoms with E-state index in [2.05, 4.69) is 17.1 Å². The van der Waals surface area contributed by atoms with Gasteiger partial charge in [0.1, 0.15) is 0 Å². The van der Waals surface area contributed by atoms with E-state index in [0.717, 1.165) is 32.6 Å². The van der Waals surface area contributed by atoms with Gasteiger partial charge in [-0.3, -0.25) is 4.90 Å². The van der Waals surface area contributed by atoms with E-state index in [4.69, 9.17) is 4.74 Å². The molecule has 4 heteroatoms. The fourth-order valence-electron chi connectivity index (χ4n) is 2.73. The Morgan fingerprint density at radius 3 is 2.70 bits per heavy atom. The first-order valence-electron chi connectivity index (χ1n) is 7.36. The Morgan fingerprint density at radius 2 is 2.15 bits per heavy atom. The molecule has 1 unspecified atom stereocenters. The maximum absolute atomic E-state index is 11.4. The fraction of sp³-hybridized carbons (Fsp3) is 0.562. The van der Waals surface area contributed by atoms with Crippen molar-refractivity contribution in [2.75, 3.05) is 26.7 Å². The molecule has 1 aromatic rings. The zero-order valence-corrected chi connectivity index (χ0v) is 12.4. The summed E-state index contributed by atoms with van der Waals surface area (Å²) in [6, 6.07) is 8.38. The number of methoxy groups -OCH3 is 1. The van der Waals surface area contributed by atoms with Gasteiger partial charge in [-0.1, -0.05) is 19.1 Å². The van der Waals surface area contributed by atoms with Crippen LogP contribution in [0.2, 0.25) is 0 Å². The molecule has 0 aliphatic carbocycles. The van der Waals surface area contributed by atoms with Crippen molar-refractivity contribution >= 4 is 5.97 Å². The van der Waals surface area contributed by atoms with Crippen molar-refractivity contribution in [3.05, 3.63) is 35.4 Å². The van der Waals surface area contributed by atoms with Crippen molar-refractivity contribution in [3.8, 4) is 0 Å². The lowest BCUT2D eigenvalue weighted by molar-refractivity contribution is 0.0600. The Bertz CT molecular complexity index is 425. The Kier molecular flexibility index (Phi) is 5.56.